The number of amides is 1. The van der Waals surface area contributed by atoms with E-state index in [2.05, 4.69) is 6.92 Å². The van der Waals surface area contributed by atoms with Crippen molar-refractivity contribution >= 4 is 5.91 Å². The minimum Gasteiger partial charge on any atom is -0.381 e. The van der Waals surface area contributed by atoms with Crippen LogP contribution in [0.1, 0.15) is 43.4 Å². The van der Waals surface area contributed by atoms with Crippen molar-refractivity contribution in [2.24, 2.45) is 5.92 Å². The normalized spacial score (nSPS) is 16.2. The van der Waals surface area contributed by atoms with Crippen molar-refractivity contribution in [3.63, 3.8) is 0 Å². The Kier molecular flexibility index (Phi) is 6.40. The number of carbonyl (C=O) groups excluding carboxylic acids is 1. The van der Waals surface area contributed by atoms with Crippen LogP contribution in [0, 0.1) is 11.7 Å². The van der Waals surface area contributed by atoms with Gasteiger partial charge < -0.3 is 9.64 Å². The number of carbonyl (C=O) groups is 1. The molecule has 1 unspecified atom stereocenters. The van der Waals surface area contributed by atoms with Crippen LogP contribution in [0.2, 0.25) is 0 Å². The van der Waals surface area contributed by atoms with E-state index in [9.17, 15) is 9.18 Å². The monoisotopic (exact) mass is 355 g/mol. The molecule has 0 saturated carbocycles. The summed E-state index contributed by atoms with van der Waals surface area (Å²) in [6.45, 7) is 4.02. The topological polar surface area (TPSA) is 29.5 Å². The second-order valence-electron chi connectivity index (χ2n) is 6.99. The van der Waals surface area contributed by atoms with Crippen LogP contribution in [0.3, 0.4) is 0 Å². The van der Waals surface area contributed by atoms with E-state index in [1.165, 1.54) is 12.1 Å². The third-order valence-electron chi connectivity index (χ3n) is 5.14. The average molecular weight is 355 g/mol. The molecule has 0 radical (unpaired) electrons. The van der Waals surface area contributed by atoms with Crippen LogP contribution in [0.15, 0.2) is 54.6 Å². The summed E-state index contributed by atoms with van der Waals surface area (Å²) in [4.78, 5) is 15.0. The summed E-state index contributed by atoms with van der Waals surface area (Å²) >= 11 is 0. The Hall–Kier alpha value is -2.20. The van der Waals surface area contributed by atoms with Crippen LogP contribution < -0.4 is 0 Å². The molecule has 0 spiro atoms. The smallest absolute Gasteiger partial charge is 0.223 e. The first-order chi connectivity index (χ1) is 12.6. The Morgan fingerprint density at radius 2 is 1.77 bits per heavy atom. The van der Waals surface area contributed by atoms with Gasteiger partial charge in [-0.1, -0.05) is 42.5 Å². The number of hydrogen-bond acceptors (Lipinski definition) is 2. The molecule has 1 aliphatic rings. The van der Waals surface area contributed by atoms with E-state index in [4.69, 9.17) is 4.74 Å². The molecular weight excluding hydrogens is 329 g/mol. The van der Waals surface area contributed by atoms with Gasteiger partial charge in [-0.3, -0.25) is 4.79 Å². The summed E-state index contributed by atoms with van der Waals surface area (Å²) in [6, 6.07) is 16.4. The number of halogens is 1. The Balaban J connectivity index is 1.77. The maximum Gasteiger partial charge on any atom is 0.223 e. The third kappa shape index (κ3) is 4.92. The lowest BCUT2D eigenvalue weighted by atomic mass is 9.95. The molecular formula is C22H26FNO2. The molecule has 1 heterocycles. The zero-order valence-corrected chi connectivity index (χ0v) is 15.2. The standard InChI is InChI=1S/C22H26FNO2/c1-17(20-5-3-2-4-6-20)24(16-19-7-9-21(23)10-8-19)22(25)15-18-11-13-26-14-12-18/h2-10,17-18H,11-16H2,1H3. The first-order valence-corrected chi connectivity index (χ1v) is 9.30. The van der Waals surface area contributed by atoms with Crippen molar-refractivity contribution < 1.29 is 13.9 Å². The van der Waals surface area contributed by atoms with Gasteiger partial charge in [0.05, 0.1) is 6.04 Å². The molecule has 1 saturated heterocycles. The SMILES string of the molecule is CC(c1ccccc1)N(Cc1ccc(F)cc1)C(=O)CC1CCOCC1. The lowest BCUT2D eigenvalue weighted by Crippen LogP contribution is -2.35. The van der Waals surface area contributed by atoms with E-state index in [0.29, 0.717) is 18.9 Å². The summed E-state index contributed by atoms with van der Waals surface area (Å²) in [7, 11) is 0. The van der Waals surface area contributed by atoms with Crippen molar-refractivity contribution in [2.45, 2.75) is 38.8 Å². The summed E-state index contributed by atoms with van der Waals surface area (Å²) in [5.74, 6) is 0.275. The molecule has 26 heavy (non-hydrogen) atoms. The number of nitrogens with zero attached hydrogens (tertiary/aromatic N) is 1. The van der Waals surface area contributed by atoms with Crippen LogP contribution in [0.5, 0.6) is 0 Å². The number of benzene rings is 2. The highest BCUT2D eigenvalue weighted by Crippen LogP contribution is 2.26. The largest absolute Gasteiger partial charge is 0.381 e. The van der Waals surface area contributed by atoms with Crippen LogP contribution in [0.25, 0.3) is 0 Å². The molecule has 0 bridgehead atoms. The molecule has 3 rings (SSSR count). The van der Waals surface area contributed by atoms with Gasteiger partial charge in [0.25, 0.3) is 0 Å². The molecule has 0 N–H and O–H groups in total. The van der Waals surface area contributed by atoms with Gasteiger partial charge in [0.15, 0.2) is 0 Å². The quantitative estimate of drug-likeness (QED) is 0.749. The van der Waals surface area contributed by atoms with Crippen molar-refractivity contribution in [1.29, 1.82) is 0 Å². The van der Waals surface area contributed by atoms with E-state index < -0.39 is 0 Å². The number of rotatable bonds is 6. The van der Waals surface area contributed by atoms with Crippen molar-refractivity contribution in [1.82, 2.24) is 4.90 Å². The minimum atomic E-state index is -0.259. The van der Waals surface area contributed by atoms with E-state index >= 15 is 0 Å². The van der Waals surface area contributed by atoms with E-state index in [1.54, 1.807) is 12.1 Å². The molecule has 2 aromatic rings. The van der Waals surface area contributed by atoms with Crippen LogP contribution in [-0.2, 0) is 16.1 Å². The van der Waals surface area contributed by atoms with Crippen LogP contribution in [0.4, 0.5) is 4.39 Å². The van der Waals surface area contributed by atoms with Crippen molar-refractivity contribution in [3.05, 3.63) is 71.5 Å². The highest BCUT2D eigenvalue weighted by molar-refractivity contribution is 5.77. The Bertz CT molecular complexity index is 696. The lowest BCUT2D eigenvalue weighted by Gasteiger charge is -2.32. The second-order valence-corrected chi connectivity index (χ2v) is 6.99. The van der Waals surface area contributed by atoms with Crippen LogP contribution in [-0.4, -0.2) is 24.0 Å². The van der Waals surface area contributed by atoms with Gasteiger partial charge in [0, 0.05) is 26.2 Å². The molecule has 2 aromatic carbocycles. The fraction of sp³-hybridized carbons (Fsp3) is 0.409. The minimum absolute atomic E-state index is 0.0337. The van der Waals surface area contributed by atoms with Gasteiger partial charge >= 0.3 is 0 Å². The van der Waals surface area contributed by atoms with E-state index in [-0.39, 0.29) is 17.8 Å². The van der Waals surface area contributed by atoms with Gasteiger partial charge in [-0.05, 0) is 48.9 Å². The molecule has 0 aromatic heterocycles. The van der Waals surface area contributed by atoms with Gasteiger partial charge in [-0.15, -0.1) is 0 Å². The Morgan fingerprint density at radius 1 is 1.12 bits per heavy atom. The maximum absolute atomic E-state index is 13.2. The van der Waals surface area contributed by atoms with E-state index in [1.807, 2.05) is 35.2 Å². The zero-order chi connectivity index (χ0) is 18.4. The summed E-state index contributed by atoms with van der Waals surface area (Å²) < 4.78 is 18.6. The molecule has 1 fully saturated rings. The molecule has 3 nitrogen and oxygen atoms in total. The van der Waals surface area contributed by atoms with Crippen molar-refractivity contribution in [3.8, 4) is 0 Å². The second kappa shape index (κ2) is 8.95. The van der Waals surface area contributed by atoms with Gasteiger partial charge in [0.1, 0.15) is 5.82 Å². The van der Waals surface area contributed by atoms with Gasteiger partial charge in [0.2, 0.25) is 5.91 Å². The predicted octanol–water partition coefficient (Wildman–Crippen LogP) is 4.73. The van der Waals surface area contributed by atoms with Gasteiger partial charge in [-0.2, -0.15) is 0 Å². The first kappa shape index (κ1) is 18.6. The lowest BCUT2D eigenvalue weighted by molar-refractivity contribution is -0.135. The fourth-order valence-corrected chi connectivity index (χ4v) is 3.45. The predicted molar refractivity (Wildman–Crippen MR) is 100.0 cm³/mol. The highest BCUT2D eigenvalue weighted by atomic mass is 19.1. The zero-order valence-electron chi connectivity index (χ0n) is 15.2. The molecule has 1 aliphatic heterocycles. The first-order valence-electron chi connectivity index (χ1n) is 9.30. The van der Waals surface area contributed by atoms with E-state index in [0.717, 1.165) is 37.2 Å². The summed E-state index contributed by atoms with van der Waals surface area (Å²) in [6.07, 6.45) is 2.42. The third-order valence-corrected chi connectivity index (χ3v) is 5.14. The summed E-state index contributed by atoms with van der Waals surface area (Å²) in [5.41, 5.74) is 2.05. The fourth-order valence-electron chi connectivity index (χ4n) is 3.45. The van der Waals surface area contributed by atoms with Crippen LogP contribution >= 0.6 is 0 Å². The number of ether oxygens (including phenoxy) is 1. The molecule has 4 heteroatoms. The van der Waals surface area contributed by atoms with Crippen molar-refractivity contribution in [2.75, 3.05) is 13.2 Å². The molecule has 1 amide bonds. The average Bonchev–Trinajstić information content (AvgIpc) is 2.68. The number of hydrogen-bond donors (Lipinski definition) is 0. The Labute approximate surface area is 154 Å². The molecule has 0 aliphatic carbocycles. The maximum atomic E-state index is 13.2. The molecule has 138 valence electrons. The van der Waals surface area contributed by atoms with Gasteiger partial charge in [-0.25, -0.2) is 4.39 Å². The molecule has 1 atom stereocenters. The Morgan fingerprint density at radius 3 is 2.42 bits per heavy atom. The highest BCUT2D eigenvalue weighted by Gasteiger charge is 2.25. The summed E-state index contributed by atoms with van der Waals surface area (Å²) in [5, 5.41) is 0.